The molecule has 2 aromatic rings. The molecule has 0 spiro atoms. The summed E-state index contributed by atoms with van der Waals surface area (Å²) < 4.78 is 16.0. The van der Waals surface area contributed by atoms with Crippen LogP contribution in [0.2, 0.25) is 0 Å². The molecule has 116 valence electrons. The van der Waals surface area contributed by atoms with E-state index in [9.17, 15) is 4.79 Å². The molecule has 0 fully saturated rings. The van der Waals surface area contributed by atoms with Crippen molar-refractivity contribution in [3.05, 3.63) is 47.4 Å². The minimum Gasteiger partial charge on any atom is -0.493 e. The molecular formula is C17H19NO4. The van der Waals surface area contributed by atoms with Crippen LogP contribution in [0.15, 0.2) is 34.9 Å². The van der Waals surface area contributed by atoms with Gasteiger partial charge in [0.05, 0.1) is 26.5 Å². The van der Waals surface area contributed by atoms with Crippen molar-refractivity contribution >= 4 is 5.91 Å². The van der Waals surface area contributed by atoms with Crippen molar-refractivity contribution in [2.75, 3.05) is 20.8 Å². The first-order valence-electron chi connectivity index (χ1n) is 7.25. The van der Waals surface area contributed by atoms with Crippen molar-refractivity contribution in [2.24, 2.45) is 0 Å². The minimum atomic E-state index is -0.0852. The third-order valence-electron chi connectivity index (χ3n) is 4.18. The van der Waals surface area contributed by atoms with Crippen LogP contribution in [0.3, 0.4) is 0 Å². The Bertz CT molecular complexity index is 678. The van der Waals surface area contributed by atoms with Gasteiger partial charge in [0.1, 0.15) is 0 Å². The zero-order valence-electron chi connectivity index (χ0n) is 13.0. The van der Waals surface area contributed by atoms with Crippen LogP contribution in [0.25, 0.3) is 0 Å². The molecule has 1 amide bonds. The van der Waals surface area contributed by atoms with Crippen LogP contribution in [0.5, 0.6) is 11.5 Å². The maximum atomic E-state index is 12.5. The number of rotatable bonds is 3. The standard InChI is InChI=1S/C17H19NO4/c1-11-13-10-16(21-3)15(20-2)9-12(13)6-7-18(11)17(19)14-5-4-8-22-14/h4-5,8-11H,6-7H2,1-3H3/t11-/m0/s1. The number of methoxy groups -OCH3 is 2. The van der Waals surface area contributed by atoms with Gasteiger partial charge in [-0.2, -0.15) is 0 Å². The second kappa shape index (κ2) is 5.75. The zero-order valence-corrected chi connectivity index (χ0v) is 13.0. The van der Waals surface area contributed by atoms with Gasteiger partial charge in [-0.3, -0.25) is 4.79 Å². The first-order chi connectivity index (χ1) is 10.7. The Morgan fingerprint density at radius 2 is 2.00 bits per heavy atom. The molecule has 1 aliphatic heterocycles. The molecule has 0 saturated carbocycles. The highest BCUT2D eigenvalue weighted by Gasteiger charge is 2.30. The van der Waals surface area contributed by atoms with Gasteiger partial charge in [0, 0.05) is 6.54 Å². The van der Waals surface area contributed by atoms with Gasteiger partial charge < -0.3 is 18.8 Å². The summed E-state index contributed by atoms with van der Waals surface area (Å²) in [5, 5.41) is 0. The van der Waals surface area contributed by atoms with Crippen molar-refractivity contribution in [3.8, 4) is 11.5 Å². The number of nitrogens with zero attached hydrogens (tertiary/aromatic N) is 1. The highest BCUT2D eigenvalue weighted by atomic mass is 16.5. The summed E-state index contributed by atoms with van der Waals surface area (Å²) in [6.07, 6.45) is 2.30. The smallest absolute Gasteiger partial charge is 0.290 e. The molecule has 1 aromatic carbocycles. The van der Waals surface area contributed by atoms with E-state index in [1.165, 1.54) is 11.8 Å². The molecule has 0 N–H and O–H groups in total. The average molecular weight is 301 g/mol. The molecule has 0 saturated heterocycles. The maximum Gasteiger partial charge on any atom is 0.290 e. The van der Waals surface area contributed by atoms with Crippen molar-refractivity contribution in [3.63, 3.8) is 0 Å². The number of ether oxygens (including phenoxy) is 2. The maximum absolute atomic E-state index is 12.5. The Labute approximate surface area is 129 Å². The van der Waals surface area contributed by atoms with Gasteiger partial charge in [0.15, 0.2) is 17.3 Å². The minimum absolute atomic E-state index is 0.0406. The lowest BCUT2D eigenvalue weighted by Gasteiger charge is -2.35. The molecule has 0 bridgehead atoms. The van der Waals surface area contributed by atoms with E-state index in [-0.39, 0.29) is 11.9 Å². The fraction of sp³-hybridized carbons (Fsp3) is 0.353. The molecule has 0 unspecified atom stereocenters. The first-order valence-corrected chi connectivity index (χ1v) is 7.25. The van der Waals surface area contributed by atoms with Gasteiger partial charge in [-0.1, -0.05) is 0 Å². The summed E-state index contributed by atoms with van der Waals surface area (Å²) in [6.45, 7) is 2.67. The summed E-state index contributed by atoms with van der Waals surface area (Å²) >= 11 is 0. The summed E-state index contributed by atoms with van der Waals surface area (Å²) in [4.78, 5) is 14.4. The quantitative estimate of drug-likeness (QED) is 0.874. The van der Waals surface area contributed by atoms with E-state index in [1.807, 2.05) is 24.0 Å². The summed E-state index contributed by atoms with van der Waals surface area (Å²) in [7, 11) is 3.24. The van der Waals surface area contributed by atoms with Crippen LogP contribution < -0.4 is 9.47 Å². The summed E-state index contributed by atoms with van der Waals surface area (Å²) in [6, 6.07) is 7.34. The second-order valence-corrected chi connectivity index (χ2v) is 5.31. The van der Waals surface area contributed by atoms with Gasteiger partial charge in [-0.05, 0) is 48.7 Å². The molecule has 0 aliphatic carbocycles. The predicted octanol–water partition coefficient (Wildman–Crippen LogP) is 3.06. The van der Waals surface area contributed by atoms with Crippen molar-refractivity contribution in [2.45, 2.75) is 19.4 Å². The molecule has 5 nitrogen and oxygen atoms in total. The molecule has 5 heteroatoms. The second-order valence-electron chi connectivity index (χ2n) is 5.31. The van der Waals surface area contributed by atoms with Crippen molar-refractivity contribution in [1.29, 1.82) is 0 Å². The van der Waals surface area contributed by atoms with Crippen LogP contribution in [0.1, 0.15) is 34.6 Å². The third kappa shape index (κ3) is 2.32. The number of furan rings is 1. The molecule has 1 aromatic heterocycles. The Balaban J connectivity index is 1.95. The molecule has 1 aliphatic rings. The van der Waals surface area contributed by atoms with Crippen LogP contribution >= 0.6 is 0 Å². The van der Waals surface area contributed by atoms with E-state index in [1.54, 1.807) is 26.4 Å². The number of hydrogen-bond donors (Lipinski definition) is 0. The Hall–Kier alpha value is -2.43. The number of fused-ring (bicyclic) bond motifs is 1. The highest BCUT2D eigenvalue weighted by Crippen LogP contribution is 2.38. The van der Waals surface area contributed by atoms with Gasteiger partial charge in [0.25, 0.3) is 5.91 Å². The van der Waals surface area contributed by atoms with Crippen LogP contribution in [-0.2, 0) is 6.42 Å². The monoisotopic (exact) mass is 301 g/mol. The molecule has 3 rings (SSSR count). The number of benzene rings is 1. The van der Waals surface area contributed by atoms with E-state index >= 15 is 0 Å². The Kier molecular flexibility index (Phi) is 3.79. The predicted molar refractivity (Wildman–Crippen MR) is 81.4 cm³/mol. The number of carbonyl (C=O) groups is 1. The fourth-order valence-corrected chi connectivity index (χ4v) is 2.96. The van der Waals surface area contributed by atoms with E-state index in [4.69, 9.17) is 13.9 Å². The van der Waals surface area contributed by atoms with E-state index in [0.717, 1.165) is 17.7 Å². The van der Waals surface area contributed by atoms with E-state index in [2.05, 4.69) is 0 Å². The SMILES string of the molecule is COc1cc2c(cc1OC)[C@H](C)N(C(=O)c1ccco1)CC2. The van der Waals surface area contributed by atoms with Gasteiger partial charge in [-0.15, -0.1) is 0 Å². The largest absolute Gasteiger partial charge is 0.493 e. The fourth-order valence-electron chi connectivity index (χ4n) is 2.96. The molecule has 22 heavy (non-hydrogen) atoms. The zero-order chi connectivity index (χ0) is 15.7. The van der Waals surface area contributed by atoms with Crippen molar-refractivity contribution < 1.29 is 18.7 Å². The van der Waals surface area contributed by atoms with Crippen molar-refractivity contribution in [1.82, 2.24) is 4.90 Å². The lowest BCUT2D eigenvalue weighted by molar-refractivity contribution is 0.0644. The molecular weight excluding hydrogens is 282 g/mol. The van der Waals surface area contributed by atoms with Crippen LogP contribution in [-0.4, -0.2) is 31.6 Å². The highest BCUT2D eigenvalue weighted by molar-refractivity contribution is 5.92. The van der Waals surface area contributed by atoms with E-state index < -0.39 is 0 Å². The van der Waals surface area contributed by atoms with E-state index in [0.29, 0.717) is 18.1 Å². The molecule has 0 radical (unpaired) electrons. The Morgan fingerprint density at radius 3 is 2.64 bits per heavy atom. The van der Waals surface area contributed by atoms with Gasteiger partial charge in [-0.25, -0.2) is 0 Å². The molecule has 2 heterocycles. The topological polar surface area (TPSA) is 51.9 Å². The lowest BCUT2D eigenvalue weighted by Crippen LogP contribution is -2.38. The number of carbonyl (C=O) groups excluding carboxylic acids is 1. The Morgan fingerprint density at radius 1 is 1.27 bits per heavy atom. The lowest BCUT2D eigenvalue weighted by atomic mass is 9.92. The molecule has 1 atom stereocenters. The normalized spacial score (nSPS) is 17.0. The first kappa shape index (κ1) is 14.5. The summed E-state index contributed by atoms with van der Waals surface area (Å²) in [5.74, 6) is 1.69. The van der Waals surface area contributed by atoms with Crippen LogP contribution in [0, 0.1) is 0 Å². The van der Waals surface area contributed by atoms with Gasteiger partial charge in [0.2, 0.25) is 0 Å². The average Bonchev–Trinajstić information content (AvgIpc) is 3.08. The van der Waals surface area contributed by atoms with Crippen LogP contribution in [0.4, 0.5) is 0 Å². The summed E-state index contributed by atoms with van der Waals surface area (Å²) in [5.41, 5.74) is 2.28. The number of amides is 1. The third-order valence-corrected chi connectivity index (χ3v) is 4.18. The number of hydrogen-bond acceptors (Lipinski definition) is 4. The van der Waals surface area contributed by atoms with Gasteiger partial charge >= 0.3 is 0 Å².